The molecule has 1 aliphatic rings. The van der Waals surface area contributed by atoms with Gasteiger partial charge < -0.3 is 11.1 Å². The minimum atomic E-state index is -0.871. The smallest absolute Gasteiger partial charge is 0.273 e. The Morgan fingerprint density at radius 1 is 1.61 bits per heavy atom. The quantitative estimate of drug-likeness (QED) is 0.695. The highest BCUT2D eigenvalue weighted by Crippen LogP contribution is 2.42. The molecule has 0 aliphatic heterocycles. The molecule has 1 amide bonds. The first-order valence-corrected chi connectivity index (χ1v) is 7.59. The van der Waals surface area contributed by atoms with Crippen LogP contribution in [-0.2, 0) is 10.8 Å². The first kappa shape index (κ1) is 13.1. The van der Waals surface area contributed by atoms with E-state index in [2.05, 4.69) is 15.5 Å². The number of hydrogen-bond donors (Lipinski definition) is 3. The summed E-state index contributed by atoms with van der Waals surface area (Å²) in [5, 5.41) is 9.47. The Hall–Kier alpha value is -1.37. The number of carbonyl (C=O) groups is 1. The van der Waals surface area contributed by atoms with Crippen molar-refractivity contribution in [2.24, 2.45) is 0 Å². The van der Waals surface area contributed by atoms with Gasteiger partial charge in [0.2, 0.25) is 0 Å². The summed E-state index contributed by atoms with van der Waals surface area (Å²) < 4.78 is 11.2. The summed E-state index contributed by atoms with van der Waals surface area (Å²) in [5.74, 6) is 1.20. The van der Waals surface area contributed by atoms with Crippen molar-refractivity contribution in [2.75, 3.05) is 23.8 Å². The standard InChI is InChI=1S/C11H18N4O2S/c1-2-18(17)6-5-13-11(16)10-8(12)9(14-15-10)7-3-4-7/h7H,2-6,12H2,1H3,(H,13,16)(H,14,15). The van der Waals surface area contributed by atoms with E-state index in [1.165, 1.54) is 0 Å². The molecular weight excluding hydrogens is 252 g/mol. The van der Waals surface area contributed by atoms with Gasteiger partial charge in [0.1, 0.15) is 0 Å². The molecule has 6 nitrogen and oxygen atoms in total. The van der Waals surface area contributed by atoms with Gasteiger partial charge in [-0.05, 0) is 12.8 Å². The summed E-state index contributed by atoms with van der Waals surface area (Å²) in [4.78, 5) is 11.8. The van der Waals surface area contributed by atoms with E-state index in [0.717, 1.165) is 18.5 Å². The monoisotopic (exact) mass is 270 g/mol. The topological polar surface area (TPSA) is 101 Å². The lowest BCUT2D eigenvalue weighted by Crippen LogP contribution is -2.28. The molecule has 0 bridgehead atoms. The van der Waals surface area contributed by atoms with Crippen molar-refractivity contribution < 1.29 is 9.00 Å². The van der Waals surface area contributed by atoms with E-state index < -0.39 is 10.8 Å². The van der Waals surface area contributed by atoms with Crippen LogP contribution in [0.2, 0.25) is 0 Å². The van der Waals surface area contributed by atoms with Crippen LogP contribution >= 0.6 is 0 Å². The number of carbonyl (C=O) groups excluding carboxylic acids is 1. The first-order valence-electron chi connectivity index (χ1n) is 6.10. The van der Waals surface area contributed by atoms with E-state index in [1.807, 2.05) is 6.92 Å². The predicted molar refractivity (Wildman–Crippen MR) is 70.9 cm³/mol. The minimum Gasteiger partial charge on any atom is -0.395 e. The predicted octanol–water partition coefficient (Wildman–Crippen LogP) is 0.368. The third-order valence-electron chi connectivity index (χ3n) is 2.97. The molecule has 4 N–H and O–H groups in total. The van der Waals surface area contributed by atoms with Gasteiger partial charge in [-0.1, -0.05) is 6.92 Å². The van der Waals surface area contributed by atoms with Crippen LogP contribution in [0.4, 0.5) is 5.69 Å². The number of aromatic amines is 1. The highest BCUT2D eigenvalue weighted by atomic mass is 32.2. The molecule has 0 aromatic carbocycles. The highest BCUT2D eigenvalue weighted by molar-refractivity contribution is 7.84. The summed E-state index contributed by atoms with van der Waals surface area (Å²) >= 11 is 0. The number of aromatic nitrogens is 2. The lowest BCUT2D eigenvalue weighted by Gasteiger charge is -2.03. The van der Waals surface area contributed by atoms with E-state index in [0.29, 0.717) is 29.7 Å². The fraction of sp³-hybridized carbons (Fsp3) is 0.636. The summed E-state index contributed by atoms with van der Waals surface area (Å²) in [6.07, 6.45) is 2.20. The normalized spacial score (nSPS) is 16.5. The molecule has 1 aromatic rings. The molecule has 1 unspecified atom stereocenters. The van der Waals surface area contributed by atoms with Gasteiger partial charge in [0, 0.05) is 34.8 Å². The Morgan fingerprint density at radius 2 is 2.33 bits per heavy atom. The third-order valence-corrected chi connectivity index (χ3v) is 4.27. The number of nitrogens with zero attached hydrogens (tertiary/aromatic N) is 1. The Kier molecular flexibility index (Phi) is 4.00. The highest BCUT2D eigenvalue weighted by Gasteiger charge is 2.30. The van der Waals surface area contributed by atoms with Crippen molar-refractivity contribution >= 4 is 22.4 Å². The summed E-state index contributed by atoms with van der Waals surface area (Å²) in [7, 11) is -0.871. The van der Waals surface area contributed by atoms with E-state index in [9.17, 15) is 9.00 Å². The van der Waals surface area contributed by atoms with Crippen LogP contribution in [0.25, 0.3) is 0 Å². The second kappa shape index (κ2) is 5.51. The molecule has 7 heteroatoms. The molecule has 1 aliphatic carbocycles. The maximum atomic E-state index is 11.8. The van der Waals surface area contributed by atoms with Crippen LogP contribution in [0.5, 0.6) is 0 Å². The van der Waals surface area contributed by atoms with Crippen LogP contribution in [-0.4, -0.2) is 38.4 Å². The van der Waals surface area contributed by atoms with Crippen molar-refractivity contribution in [1.29, 1.82) is 0 Å². The molecule has 1 heterocycles. The van der Waals surface area contributed by atoms with Crippen molar-refractivity contribution in [1.82, 2.24) is 15.5 Å². The maximum Gasteiger partial charge on any atom is 0.273 e. The van der Waals surface area contributed by atoms with Gasteiger partial charge in [-0.2, -0.15) is 5.10 Å². The Balaban J connectivity index is 1.90. The fourth-order valence-electron chi connectivity index (χ4n) is 1.73. The van der Waals surface area contributed by atoms with Crippen LogP contribution in [0.15, 0.2) is 0 Å². The van der Waals surface area contributed by atoms with Crippen molar-refractivity contribution in [3.8, 4) is 0 Å². The second-order valence-electron chi connectivity index (χ2n) is 4.36. The SMILES string of the molecule is CCS(=O)CCNC(=O)c1n[nH]c(C2CC2)c1N. The summed E-state index contributed by atoms with van der Waals surface area (Å²) in [6, 6.07) is 0. The number of H-pyrrole nitrogens is 1. The average molecular weight is 270 g/mol. The number of nitrogens with two attached hydrogens (primary N) is 1. The third kappa shape index (κ3) is 2.90. The van der Waals surface area contributed by atoms with Gasteiger partial charge >= 0.3 is 0 Å². The van der Waals surface area contributed by atoms with E-state index in [4.69, 9.17) is 5.73 Å². The lowest BCUT2D eigenvalue weighted by molar-refractivity contribution is 0.0952. The molecule has 1 saturated carbocycles. The largest absolute Gasteiger partial charge is 0.395 e. The Morgan fingerprint density at radius 3 is 2.94 bits per heavy atom. The molecule has 0 radical (unpaired) electrons. The van der Waals surface area contributed by atoms with Gasteiger partial charge in [-0.15, -0.1) is 0 Å². The molecule has 1 atom stereocenters. The molecule has 18 heavy (non-hydrogen) atoms. The van der Waals surface area contributed by atoms with Crippen LogP contribution < -0.4 is 11.1 Å². The number of hydrogen-bond acceptors (Lipinski definition) is 4. The van der Waals surface area contributed by atoms with Gasteiger partial charge in [-0.25, -0.2) is 0 Å². The maximum absolute atomic E-state index is 11.8. The molecular formula is C11H18N4O2S. The number of anilines is 1. The van der Waals surface area contributed by atoms with Crippen molar-refractivity contribution in [3.63, 3.8) is 0 Å². The average Bonchev–Trinajstić information content (AvgIpc) is 3.12. The number of rotatable bonds is 6. The Bertz CT molecular complexity index is 468. The second-order valence-corrected chi connectivity index (χ2v) is 6.23. The van der Waals surface area contributed by atoms with Gasteiger partial charge in [0.05, 0.1) is 11.4 Å². The van der Waals surface area contributed by atoms with Crippen LogP contribution in [0, 0.1) is 0 Å². The number of nitrogen functional groups attached to an aromatic ring is 1. The van der Waals surface area contributed by atoms with Gasteiger partial charge in [-0.3, -0.25) is 14.1 Å². The zero-order valence-electron chi connectivity index (χ0n) is 10.4. The number of nitrogens with one attached hydrogen (secondary N) is 2. The molecule has 0 spiro atoms. The van der Waals surface area contributed by atoms with Gasteiger partial charge in [0.15, 0.2) is 5.69 Å². The molecule has 1 fully saturated rings. The van der Waals surface area contributed by atoms with E-state index in [1.54, 1.807) is 0 Å². The molecule has 0 saturated heterocycles. The van der Waals surface area contributed by atoms with Crippen molar-refractivity contribution in [2.45, 2.75) is 25.7 Å². The van der Waals surface area contributed by atoms with Crippen LogP contribution in [0.3, 0.4) is 0 Å². The molecule has 2 rings (SSSR count). The van der Waals surface area contributed by atoms with Crippen molar-refractivity contribution in [3.05, 3.63) is 11.4 Å². The summed E-state index contributed by atoms with van der Waals surface area (Å²) in [5.41, 5.74) is 7.46. The zero-order chi connectivity index (χ0) is 13.1. The van der Waals surface area contributed by atoms with Gasteiger partial charge in [0.25, 0.3) is 5.91 Å². The molecule has 100 valence electrons. The zero-order valence-corrected chi connectivity index (χ0v) is 11.2. The summed E-state index contributed by atoms with van der Waals surface area (Å²) in [6.45, 7) is 2.23. The minimum absolute atomic E-state index is 0.249. The lowest BCUT2D eigenvalue weighted by atomic mass is 10.2. The Labute approximate surface area is 108 Å². The first-order chi connectivity index (χ1) is 8.63. The van der Waals surface area contributed by atoms with E-state index in [-0.39, 0.29) is 11.6 Å². The fourth-order valence-corrected chi connectivity index (χ4v) is 2.35. The van der Waals surface area contributed by atoms with E-state index >= 15 is 0 Å². The van der Waals surface area contributed by atoms with Crippen LogP contribution in [0.1, 0.15) is 41.9 Å². The number of amides is 1. The molecule has 1 aromatic heterocycles.